The molecule has 0 aliphatic carbocycles. The van der Waals surface area contributed by atoms with E-state index in [1.807, 2.05) is 36.4 Å². The van der Waals surface area contributed by atoms with Crippen LogP contribution in [0.1, 0.15) is 12.5 Å². The van der Waals surface area contributed by atoms with Crippen molar-refractivity contribution in [3.63, 3.8) is 0 Å². The summed E-state index contributed by atoms with van der Waals surface area (Å²) in [5.74, 6) is 2.25. The zero-order valence-corrected chi connectivity index (χ0v) is 14.5. The molecule has 0 aromatic heterocycles. The van der Waals surface area contributed by atoms with Gasteiger partial charge in [-0.3, -0.25) is 4.79 Å². The van der Waals surface area contributed by atoms with Gasteiger partial charge in [-0.2, -0.15) is 0 Å². The van der Waals surface area contributed by atoms with Crippen LogP contribution < -0.4 is 24.4 Å². The van der Waals surface area contributed by atoms with Crippen LogP contribution in [0.5, 0.6) is 17.2 Å². The number of anilines is 1. The summed E-state index contributed by atoms with van der Waals surface area (Å²) in [6, 6.07) is 13.3. The molecule has 6 heteroatoms. The highest BCUT2D eigenvalue weighted by Crippen LogP contribution is 2.32. The van der Waals surface area contributed by atoms with Crippen molar-refractivity contribution in [2.75, 3.05) is 32.3 Å². The molecule has 0 fully saturated rings. The standard InChI is InChI=1S/C19H22N2O4/c1-3-21(11-14-7-8-17-18(9-14)25-13-24-17)12-19(22)20-15-5-4-6-16(10-15)23-2/h4-10H,3,11-13H2,1-2H3,(H,20,22)/p+1. The molecule has 0 radical (unpaired) electrons. The number of quaternary nitrogens is 1. The Bertz CT molecular complexity index is 748. The lowest BCUT2D eigenvalue weighted by molar-refractivity contribution is -0.903. The summed E-state index contributed by atoms with van der Waals surface area (Å²) in [7, 11) is 1.61. The van der Waals surface area contributed by atoms with Crippen LogP contribution >= 0.6 is 0 Å². The molecule has 25 heavy (non-hydrogen) atoms. The summed E-state index contributed by atoms with van der Waals surface area (Å²) in [4.78, 5) is 13.5. The Morgan fingerprint density at radius 2 is 2.04 bits per heavy atom. The number of carbonyl (C=O) groups excluding carboxylic acids is 1. The van der Waals surface area contributed by atoms with E-state index >= 15 is 0 Å². The molecule has 2 N–H and O–H groups in total. The molecular weight excluding hydrogens is 320 g/mol. The number of nitrogens with one attached hydrogen (secondary N) is 2. The van der Waals surface area contributed by atoms with Crippen molar-refractivity contribution in [1.82, 2.24) is 0 Å². The summed E-state index contributed by atoms with van der Waals surface area (Å²) in [5, 5.41) is 2.92. The van der Waals surface area contributed by atoms with Gasteiger partial charge in [-0.15, -0.1) is 0 Å². The molecule has 1 unspecified atom stereocenters. The average molecular weight is 343 g/mol. The Kier molecular flexibility index (Phi) is 5.40. The van der Waals surface area contributed by atoms with E-state index in [0.29, 0.717) is 6.54 Å². The summed E-state index contributed by atoms with van der Waals surface area (Å²) >= 11 is 0. The van der Waals surface area contributed by atoms with E-state index in [2.05, 4.69) is 12.2 Å². The maximum absolute atomic E-state index is 12.3. The number of rotatable bonds is 7. The fourth-order valence-electron chi connectivity index (χ4n) is 2.79. The highest BCUT2D eigenvalue weighted by molar-refractivity contribution is 5.91. The molecule has 1 aliphatic rings. The summed E-state index contributed by atoms with van der Waals surface area (Å²) in [6.45, 7) is 4.33. The fourth-order valence-corrected chi connectivity index (χ4v) is 2.79. The molecule has 1 amide bonds. The Hall–Kier alpha value is -2.73. The molecule has 0 saturated heterocycles. The van der Waals surface area contributed by atoms with Crippen molar-refractivity contribution < 1.29 is 23.9 Å². The summed E-state index contributed by atoms with van der Waals surface area (Å²) in [5.41, 5.74) is 1.86. The topological polar surface area (TPSA) is 61.2 Å². The zero-order chi connectivity index (χ0) is 17.6. The number of hydrogen-bond acceptors (Lipinski definition) is 4. The first kappa shape index (κ1) is 17.1. The minimum atomic E-state index is -0.0224. The SMILES string of the molecule is CC[NH+](CC(=O)Nc1cccc(OC)c1)Cc1ccc2c(c1)OCO2. The molecular formula is C19H23N2O4+. The van der Waals surface area contributed by atoms with Gasteiger partial charge in [-0.1, -0.05) is 6.07 Å². The smallest absolute Gasteiger partial charge is 0.279 e. The number of hydrogen-bond donors (Lipinski definition) is 2. The van der Waals surface area contributed by atoms with E-state index in [-0.39, 0.29) is 12.7 Å². The fraction of sp³-hybridized carbons (Fsp3) is 0.316. The van der Waals surface area contributed by atoms with Crippen molar-refractivity contribution in [2.24, 2.45) is 0 Å². The predicted octanol–water partition coefficient (Wildman–Crippen LogP) is 1.47. The van der Waals surface area contributed by atoms with Gasteiger partial charge in [0, 0.05) is 17.3 Å². The van der Waals surface area contributed by atoms with Crippen LogP contribution in [-0.2, 0) is 11.3 Å². The number of benzene rings is 2. The van der Waals surface area contributed by atoms with Crippen molar-refractivity contribution >= 4 is 11.6 Å². The zero-order valence-electron chi connectivity index (χ0n) is 14.5. The van der Waals surface area contributed by atoms with Crippen molar-refractivity contribution in [3.05, 3.63) is 48.0 Å². The molecule has 3 rings (SSSR count). The molecule has 0 saturated carbocycles. The lowest BCUT2D eigenvalue weighted by atomic mass is 10.2. The van der Waals surface area contributed by atoms with Gasteiger partial charge in [-0.25, -0.2) is 0 Å². The first-order valence-electron chi connectivity index (χ1n) is 8.34. The number of fused-ring (bicyclic) bond motifs is 1. The monoisotopic (exact) mass is 343 g/mol. The number of amides is 1. The molecule has 132 valence electrons. The highest BCUT2D eigenvalue weighted by Gasteiger charge is 2.17. The molecule has 1 aliphatic heterocycles. The predicted molar refractivity (Wildman–Crippen MR) is 94.3 cm³/mol. The largest absolute Gasteiger partial charge is 0.497 e. The molecule has 2 aromatic carbocycles. The van der Waals surface area contributed by atoms with Crippen molar-refractivity contribution in [2.45, 2.75) is 13.5 Å². The Labute approximate surface area is 147 Å². The van der Waals surface area contributed by atoms with Gasteiger partial charge in [0.2, 0.25) is 6.79 Å². The summed E-state index contributed by atoms with van der Waals surface area (Å²) < 4.78 is 15.9. The van der Waals surface area contributed by atoms with E-state index in [0.717, 1.165) is 41.6 Å². The maximum Gasteiger partial charge on any atom is 0.279 e. The second kappa shape index (κ2) is 7.90. The van der Waals surface area contributed by atoms with Crippen molar-refractivity contribution in [3.8, 4) is 17.2 Å². The van der Waals surface area contributed by atoms with E-state index in [1.165, 1.54) is 4.90 Å². The lowest BCUT2D eigenvalue weighted by Gasteiger charge is -2.17. The molecule has 1 atom stereocenters. The second-order valence-electron chi connectivity index (χ2n) is 5.92. The van der Waals surface area contributed by atoms with Crippen LogP contribution in [0.15, 0.2) is 42.5 Å². The lowest BCUT2D eigenvalue weighted by Crippen LogP contribution is -3.11. The van der Waals surface area contributed by atoms with Crippen LogP contribution in [0.3, 0.4) is 0 Å². The normalized spacial score (nSPS) is 13.4. The van der Waals surface area contributed by atoms with Gasteiger partial charge >= 0.3 is 0 Å². The van der Waals surface area contributed by atoms with Crippen LogP contribution in [0.4, 0.5) is 5.69 Å². The number of likely N-dealkylation sites (N-methyl/N-ethyl adjacent to an activating group) is 1. The van der Waals surface area contributed by atoms with E-state index in [4.69, 9.17) is 14.2 Å². The molecule has 0 bridgehead atoms. The minimum absolute atomic E-state index is 0.0224. The van der Waals surface area contributed by atoms with Crippen LogP contribution in [0.2, 0.25) is 0 Å². The van der Waals surface area contributed by atoms with Gasteiger partial charge in [0.1, 0.15) is 12.3 Å². The molecule has 2 aromatic rings. The van der Waals surface area contributed by atoms with Gasteiger partial charge in [0.25, 0.3) is 5.91 Å². The highest BCUT2D eigenvalue weighted by atomic mass is 16.7. The van der Waals surface area contributed by atoms with Crippen molar-refractivity contribution in [1.29, 1.82) is 0 Å². The van der Waals surface area contributed by atoms with E-state index in [1.54, 1.807) is 13.2 Å². The number of carbonyl (C=O) groups is 1. The maximum atomic E-state index is 12.3. The average Bonchev–Trinajstić information content (AvgIpc) is 3.09. The molecule has 1 heterocycles. The third kappa shape index (κ3) is 4.42. The Morgan fingerprint density at radius 3 is 2.84 bits per heavy atom. The van der Waals surface area contributed by atoms with E-state index < -0.39 is 0 Å². The Balaban J connectivity index is 1.58. The molecule has 0 spiro atoms. The number of methoxy groups -OCH3 is 1. The first-order chi connectivity index (χ1) is 12.2. The first-order valence-corrected chi connectivity index (χ1v) is 8.34. The second-order valence-corrected chi connectivity index (χ2v) is 5.92. The minimum Gasteiger partial charge on any atom is -0.497 e. The Morgan fingerprint density at radius 1 is 1.20 bits per heavy atom. The van der Waals surface area contributed by atoms with E-state index in [9.17, 15) is 4.79 Å². The third-order valence-corrected chi connectivity index (χ3v) is 4.16. The quantitative estimate of drug-likeness (QED) is 0.799. The van der Waals surface area contributed by atoms with Gasteiger partial charge in [-0.05, 0) is 37.3 Å². The van der Waals surface area contributed by atoms with Gasteiger partial charge in [0.15, 0.2) is 18.0 Å². The summed E-state index contributed by atoms with van der Waals surface area (Å²) in [6.07, 6.45) is 0. The molecule has 6 nitrogen and oxygen atoms in total. The van der Waals surface area contributed by atoms with Crippen LogP contribution in [0, 0.1) is 0 Å². The third-order valence-electron chi connectivity index (χ3n) is 4.16. The van der Waals surface area contributed by atoms with Gasteiger partial charge < -0.3 is 24.4 Å². The number of ether oxygens (including phenoxy) is 3. The van der Waals surface area contributed by atoms with Crippen LogP contribution in [-0.4, -0.2) is 32.9 Å². The van der Waals surface area contributed by atoms with Crippen LogP contribution in [0.25, 0.3) is 0 Å². The van der Waals surface area contributed by atoms with Gasteiger partial charge in [0.05, 0.1) is 13.7 Å².